The van der Waals surface area contributed by atoms with Crippen molar-refractivity contribution in [3.63, 3.8) is 0 Å². The number of ether oxygens (including phenoxy) is 1. The molecule has 4 heteroatoms. The normalized spacial score (nSPS) is 11.7. The third-order valence-corrected chi connectivity index (χ3v) is 4.58. The van der Waals surface area contributed by atoms with Gasteiger partial charge in [0.2, 0.25) is 5.91 Å². The van der Waals surface area contributed by atoms with Crippen LogP contribution in [0.1, 0.15) is 37.0 Å². The summed E-state index contributed by atoms with van der Waals surface area (Å²) in [5.41, 5.74) is 3.78. The topological polar surface area (TPSA) is 46.6 Å². The van der Waals surface area contributed by atoms with Crippen LogP contribution in [0.15, 0.2) is 48.5 Å². The molecule has 0 spiro atoms. The number of rotatable bonds is 7. The number of hydrogen-bond acceptors (Lipinski definition) is 3. The molecule has 0 aliphatic carbocycles. The first-order valence-corrected chi connectivity index (χ1v) is 9.05. The highest BCUT2D eigenvalue weighted by Crippen LogP contribution is 2.29. The minimum absolute atomic E-state index is 0.0996. The van der Waals surface area contributed by atoms with Crippen LogP contribution in [0.4, 0.5) is 5.69 Å². The number of hydrogen-bond donors (Lipinski definition) is 0. The average Bonchev–Trinajstić information content (AvgIpc) is 2.66. The van der Waals surface area contributed by atoms with E-state index in [1.807, 2.05) is 62.4 Å². The Balaban J connectivity index is 2.52. The first-order chi connectivity index (χ1) is 12.5. The summed E-state index contributed by atoms with van der Waals surface area (Å²) >= 11 is 0. The van der Waals surface area contributed by atoms with Gasteiger partial charge < -0.3 is 4.74 Å². The van der Waals surface area contributed by atoms with Crippen LogP contribution in [0.2, 0.25) is 0 Å². The predicted molar refractivity (Wildman–Crippen MR) is 104 cm³/mol. The second-order valence-corrected chi connectivity index (χ2v) is 6.31. The third kappa shape index (κ3) is 4.31. The monoisotopic (exact) mass is 353 g/mol. The van der Waals surface area contributed by atoms with Crippen molar-refractivity contribution in [2.75, 3.05) is 12.0 Å². The Hall–Kier alpha value is -2.62. The van der Waals surface area contributed by atoms with Crippen molar-refractivity contribution in [1.29, 1.82) is 0 Å². The largest absolute Gasteiger partial charge is 0.467 e. The van der Waals surface area contributed by atoms with Gasteiger partial charge in [0.15, 0.2) is 0 Å². The first-order valence-electron chi connectivity index (χ1n) is 9.05. The molecule has 2 aromatic rings. The van der Waals surface area contributed by atoms with Gasteiger partial charge in [0.1, 0.15) is 6.04 Å². The van der Waals surface area contributed by atoms with Crippen molar-refractivity contribution in [2.45, 2.75) is 46.1 Å². The summed E-state index contributed by atoms with van der Waals surface area (Å²) in [5.74, 6) is -0.489. The van der Waals surface area contributed by atoms with Gasteiger partial charge in [0.05, 0.1) is 19.2 Å². The second kappa shape index (κ2) is 9.18. The Kier molecular flexibility index (Phi) is 6.96. The maximum absolute atomic E-state index is 13.3. The summed E-state index contributed by atoms with van der Waals surface area (Å²) in [6, 6.07) is 14.9. The number of anilines is 1. The van der Waals surface area contributed by atoms with Crippen LogP contribution >= 0.6 is 0 Å². The molecule has 1 atom stereocenters. The molecule has 0 aliphatic rings. The van der Waals surface area contributed by atoms with E-state index in [2.05, 4.69) is 6.92 Å². The zero-order valence-corrected chi connectivity index (χ0v) is 16.0. The van der Waals surface area contributed by atoms with E-state index in [0.717, 1.165) is 28.8 Å². The smallest absolute Gasteiger partial charge is 0.328 e. The molecule has 0 radical (unpaired) electrons. The molecule has 2 rings (SSSR count). The lowest BCUT2D eigenvalue weighted by atomic mass is 10.0. The molecule has 138 valence electrons. The molecular formula is C22H27NO3. The van der Waals surface area contributed by atoms with Crippen LogP contribution in [0.25, 0.3) is 0 Å². The zero-order valence-electron chi connectivity index (χ0n) is 16.0. The van der Waals surface area contributed by atoms with Gasteiger partial charge in [-0.2, -0.15) is 0 Å². The van der Waals surface area contributed by atoms with E-state index < -0.39 is 6.04 Å². The van der Waals surface area contributed by atoms with Crippen molar-refractivity contribution in [3.8, 4) is 0 Å². The highest BCUT2D eigenvalue weighted by Gasteiger charge is 2.32. The summed E-state index contributed by atoms with van der Waals surface area (Å²) in [7, 11) is 1.36. The van der Waals surface area contributed by atoms with Gasteiger partial charge in [-0.05, 0) is 36.5 Å². The number of esters is 1. The van der Waals surface area contributed by atoms with Gasteiger partial charge in [0, 0.05) is 0 Å². The lowest BCUT2D eigenvalue weighted by molar-refractivity contribution is -0.143. The number of carbonyl (C=O) groups excluding carboxylic acids is 2. The summed E-state index contributed by atoms with van der Waals surface area (Å²) in [5, 5.41) is 0. The van der Waals surface area contributed by atoms with Gasteiger partial charge in [-0.15, -0.1) is 0 Å². The molecular weight excluding hydrogens is 326 g/mol. The van der Waals surface area contributed by atoms with E-state index in [4.69, 9.17) is 4.74 Å². The van der Waals surface area contributed by atoms with E-state index in [1.54, 1.807) is 4.90 Å². The van der Waals surface area contributed by atoms with E-state index in [-0.39, 0.29) is 18.3 Å². The fourth-order valence-corrected chi connectivity index (χ4v) is 3.25. The van der Waals surface area contributed by atoms with Gasteiger partial charge in [-0.1, -0.05) is 62.4 Å². The van der Waals surface area contributed by atoms with Crippen molar-refractivity contribution in [3.05, 3.63) is 65.2 Å². The maximum atomic E-state index is 13.3. The van der Waals surface area contributed by atoms with Crippen LogP contribution in [-0.4, -0.2) is 25.0 Å². The summed E-state index contributed by atoms with van der Waals surface area (Å²) < 4.78 is 4.99. The molecule has 0 saturated heterocycles. The molecule has 0 heterocycles. The van der Waals surface area contributed by atoms with Crippen LogP contribution in [0, 0.1) is 6.92 Å². The predicted octanol–water partition coefficient (Wildman–Crippen LogP) is 4.08. The van der Waals surface area contributed by atoms with Crippen LogP contribution in [-0.2, 0) is 27.2 Å². The number of para-hydroxylation sites is 1. The number of methoxy groups -OCH3 is 1. The van der Waals surface area contributed by atoms with E-state index in [1.165, 1.54) is 7.11 Å². The maximum Gasteiger partial charge on any atom is 0.328 e. The number of amides is 1. The molecule has 0 aromatic heterocycles. The van der Waals surface area contributed by atoms with Gasteiger partial charge in [-0.3, -0.25) is 9.69 Å². The molecule has 1 unspecified atom stereocenters. The second-order valence-electron chi connectivity index (χ2n) is 6.31. The minimum atomic E-state index is -0.636. The molecule has 0 saturated carbocycles. The SMILES string of the molecule is CCc1cccc(C)c1N(C(=O)Cc1ccccc1)C(CC)C(=O)OC. The quantitative estimate of drug-likeness (QED) is 0.705. The third-order valence-electron chi connectivity index (χ3n) is 4.58. The van der Waals surface area contributed by atoms with Crippen molar-refractivity contribution >= 4 is 17.6 Å². The Bertz CT molecular complexity index is 755. The average molecular weight is 353 g/mol. The molecule has 0 bridgehead atoms. The van der Waals surface area contributed by atoms with Gasteiger partial charge in [-0.25, -0.2) is 4.79 Å². The molecule has 1 amide bonds. The van der Waals surface area contributed by atoms with E-state index in [9.17, 15) is 9.59 Å². The molecule has 2 aromatic carbocycles. The number of benzene rings is 2. The first kappa shape index (κ1) is 19.7. The number of carbonyl (C=O) groups is 2. The van der Waals surface area contributed by atoms with Crippen molar-refractivity contribution in [2.24, 2.45) is 0 Å². The fourth-order valence-electron chi connectivity index (χ4n) is 3.25. The Morgan fingerprint density at radius 2 is 1.73 bits per heavy atom. The van der Waals surface area contributed by atoms with Crippen LogP contribution < -0.4 is 4.90 Å². The zero-order chi connectivity index (χ0) is 19.1. The molecule has 0 aliphatic heterocycles. The highest BCUT2D eigenvalue weighted by atomic mass is 16.5. The summed E-state index contributed by atoms with van der Waals surface area (Å²) in [4.78, 5) is 27.3. The number of aryl methyl sites for hydroxylation is 2. The molecule has 0 fully saturated rings. The number of nitrogens with zero attached hydrogens (tertiary/aromatic N) is 1. The Morgan fingerprint density at radius 1 is 1.04 bits per heavy atom. The molecule has 4 nitrogen and oxygen atoms in total. The molecule has 26 heavy (non-hydrogen) atoms. The van der Waals surface area contributed by atoms with E-state index >= 15 is 0 Å². The fraction of sp³-hybridized carbons (Fsp3) is 0.364. The Labute approximate surface area is 155 Å². The van der Waals surface area contributed by atoms with Crippen molar-refractivity contribution in [1.82, 2.24) is 0 Å². The van der Waals surface area contributed by atoms with Crippen LogP contribution in [0.3, 0.4) is 0 Å². The van der Waals surface area contributed by atoms with Gasteiger partial charge >= 0.3 is 5.97 Å². The highest BCUT2D eigenvalue weighted by molar-refractivity contribution is 6.01. The van der Waals surface area contributed by atoms with Crippen LogP contribution in [0.5, 0.6) is 0 Å². The summed E-state index contributed by atoms with van der Waals surface area (Å²) in [6.07, 6.45) is 1.51. The standard InChI is InChI=1S/C22H27NO3/c1-5-18-14-10-11-16(3)21(18)23(19(6-2)22(25)26-4)20(24)15-17-12-8-7-9-13-17/h7-14,19H,5-6,15H2,1-4H3. The summed E-state index contributed by atoms with van der Waals surface area (Å²) in [6.45, 7) is 5.92. The molecule has 0 N–H and O–H groups in total. The van der Waals surface area contributed by atoms with E-state index in [0.29, 0.717) is 6.42 Å². The lowest BCUT2D eigenvalue weighted by Crippen LogP contribution is -2.47. The Morgan fingerprint density at radius 3 is 2.31 bits per heavy atom. The van der Waals surface area contributed by atoms with Gasteiger partial charge in [0.25, 0.3) is 0 Å². The van der Waals surface area contributed by atoms with Crippen molar-refractivity contribution < 1.29 is 14.3 Å². The minimum Gasteiger partial charge on any atom is -0.467 e. The lowest BCUT2D eigenvalue weighted by Gasteiger charge is -2.32.